The molecule has 6 nitrogen and oxygen atoms in total. The Hall–Kier alpha value is -2.96. The molecule has 0 bridgehead atoms. The van der Waals surface area contributed by atoms with Gasteiger partial charge in [0.25, 0.3) is 0 Å². The van der Waals surface area contributed by atoms with Gasteiger partial charge in [0.15, 0.2) is 0 Å². The third-order valence-corrected chi connectivity index (χ3v) is 8.19. The van der Waals surface area contributed by atoms with Gasteiger partial charge >= 0.3 is 5.97 Å². The molecule has 1 saturated heterocycles. The molecule has 0 aliphatic carbocycles. The largest absolute Gasteiger partial charge is 0.480 e. The number of likely N-dealkylation sites (tertiary alicyclic amines) is 1. The predicted octanol–water partition coefficient (Wildman–Crippen LogP) is 5.89. The van der Waals surface area contributed by atoms with E-state index < -0.39 is 12.0 Å². The molecule has 0 saturated carbocycles. The van der Waals surface area contributed by atoms with Crippen LogP contribution in [0.5, 0.6) is 0 Å². The normalized spacial score (nSPS) is 17.2. The third-order valence-electron chi connectivity index (χ3n) is 8.19. The van der Waals surface area contributed by atoms with Crippen molar-refractivity contribution in [2.45, 2.75) is 77.4 Å². The number of aliphatic carboxylic acids is 1. The summed E-state index contributed by atoms with van der Waals surface area (Å²) in [5.74, 6) is -0.155. The molecule has 2 N–H and O–H groups in total. The second-order valence-electron chi connectivity index (χ2n) is 10.8. The van der Waals surface area contributed by atoms with Crippen LogP contribution in [0.3, 0.4) is 0 Å². The van der Waals surface area contributed by atoms with Crippen molar-refractivity contribution in [3.63, 3.8) is 0 Å². The van der Waals surface area contributed by atoms with E-state index in [-0.39, 0.29) is 12.0 Å². The first-order valence-corrected chi connectivity index (χ1v) is 14.3. The Bertz CT molecular complexity index is 1120. The fourth-order valence-electron chi connectivity index (χ4n) is 5.69. The second kappa shape index (κ2) is 13.7. The summed E-state index contributed by atoms with van der Waals surface area (Å²) in [6.45, 7) is 10.2. The van der Waals surface area contributed by atoms with Crippen LogP contribution in [0.1, 0.15) is 80.9 Å². The maximum absolute atomic E-state index is 12.0. The van der Waals surface area contributed by atoms with E-state index in [1.807, 2.05) is 25.1 Å². The van der Waals surface area contributed by atoms with Gasteiger partial charge in [-0.1, -0.05) is 80.9 Å². The summed E-state index contributed by atoms with van der Waals surface area (Å²) in [5, 5.41) is 18.3. The van der Waals surface area contributed by atoms with Gasteiger partial charge in [0.2, 0.25) is 0 Å². The Balaban J connectivity index is 1.36. The van der Waals surface area contributed by atoms with Crippen molar-refractivity contribution >= 4 is 5.97 Å². The average Bonchev–Trinajstić information content (AvgIpc) is 3.36. The van der Waals surface area contributed by atoms with E-state index in [0.717, 1.165) is 69.5 Å². The van der Waals surface area contributed by atoms with Crippen molar-refractivity contribution in [2.75, 3.05) is 19.6 Å². The molecule has 3 atom stereocenters. The molecule has 1 fully saturated rings. The van der Waals surface area contributed by atoms with Gasteiger partial charge in [0.05, 0.1) is 5.69 Å². The van der Waals surface area contributed by atoms with Gasteiger partial charge in [-0.2, -0.15) is 5.10 Å². The molecule has 2 unspecified atom stereocenters. The van der Waals surface area contributed by atoms with Crippen LogP contribution < -0.4 is 5.32 Å². The number of hydrogen-bond acceptors (Lipinski definition) is 4. The SMILES string of the molecule is CCC(C)C(N[C@@H](CCN1CCC(c2cc(Cc3ccccc3)nn2CC)CC1)c1ccccc1)C(=O)O. The zero-order valence-corrected chi connectivity index (χ0v) is 23.2. The average molecular weight is 517 g/mol. The number of carbonyl (C=O) groups is 1. The van der Waals surface area contributed by atoms with Gasteiger partial charge in [0, 0.05) is 30.6 Å². The fourth-order valence-corrected chi connectivity index (χ4v) is 5.69. The molecule has 0 amide bonds. The molecule has 6 heteroatoms. The van der Waals surface area contributed by atoms with Gasteiger partial charge in [-0.05, 0) is 68.9 Å². The number of rotatable bonds is 13. The number of hydrogen-bond donors (Lipinski definition) is 2. The highest BCUT2D eigenvalue weighted by Crippen LogP contribution is 2.30. The summed E-state index contributed by atoms with van der Waals surface area (Å²) < 4.78 is 2.20. The van der Waals surface area contributed by atoms with E-state index in [1.165, 1.54) is 11.3 Å². The topological polar surface area (TPSA) is 70.4 Å². The summed E-state index contributed by atoms with van der Waals surface area (Å²) >= 11 is 0. The first-order valence-electron chi connectivity index (χ1n) is 14.3. The van der Waals surface area contributed by atoms with Crippen LogP contribution in [0.2, 0.25) is 0 Å². The lowest BCUT2D eigenvalue weighted by Gasteiger charge is -2.34. The summed E-state index contributed by atoms with van der Waals surface area (Å²) in [5.41, 5.74) is 4.99. The molecule has 1 aliphatic heterocycles. The Morgan fingerprint density at radius 3 is 2.32 bits per heavy atom. The van der Waals surface area contributed by atoms with Crippen LogP contribution in [-0.4, -0.2) is 51.4 Å². The van der Waals surface area contributed by atoms with E-state index in [2.05, 4.69) is 77.3 Å². The molecule has 4 rings (SSSR count). The predicted molar refractivity (Wildman–Crippen MR) is 153 cm³/mol. The van der Waals surface area contributed by atoms with E-state index in [1.54, 1.807) is 0 Å². The summed E-state index contributed by atoms with van der Waals surface area (Å²) in [7, 11) is 0. The molecule has 204 valence electrons. The number of carboxylic acids is 1. The minimum atomic E-state index is -0.764. The standard InChI is InChI=1S/C32H44N4O2/c1-4-24(3)31(32(37)38)33-29(26-14-10-7-11-15-26)18-21-35-19-16-27(17-20-35)30-23-28(34-36(30)5-2)22-25-12-8-6-9-13-25/h6-15,23-24,27,29,31,33H,4-5,16-22H2,1-3H3,(H,37,38)/t24?,29-,31?/m0/s1. The number of carboxylic acid groups (broad SMARTS) is 1. The lowest BCUT2D eigenvalue weighted by atomic mass is 9.92. The summed E-state index contributed by atoms with van der Waals surface area (Å²) in [6.07, 6.45) is 4.86. The minimum Gasteiger partial charge on any atom is -0.480 e. The molecule has 0 spiro atoms. The lowest BCUT2D eigenvalue weighted by Crippen LogP contribution is -2.44. The van der Waals surface area contributed by atoms with E-state index in [4.69, 9.17) is 5.10 Å². The van der Waals surface area contributed by atoms with Crippen molar-refractivity contribution in [3.05, 3.63) is 89.2 Å². The molecular formula is C32H44N4O2. The third kappa shape index (κ3) is 7.33. The minimum absolute atomic E-state index is 0.0195. The highest BCUT2D eigenvalue weighted by Gasteiger charge is 2.28. The zero-order chi connectivity index (χ0) is 26.9. The number of aromatic nitrogens is 2. The highest BCUT2D eigenvalue weighted by molar-refractivity contribution is 5.73. The number of aryl methyl sites for hydroxylation is 1. The molecule has 38 heavy (non-hydrogen) atoms. The number of piperidine rings is 1. The lowest BCUT2D eigenvalue weighted by molar-refractivity contribution is -0.141. The van der Waals surface area contributed by atoms with Crippen molar-refractivity contribution < 1.29 is 9.90 Å². The van der Waals surface area contributed by atoms with Crippen molar-refractivity contribution in [3.8, 4) is 0 Å². The molecule has 1 aliphatic rings. The summed E-state index contributed by atoms with van der Waals surface area (Å²) in [4.78, 5) is 14.6. The maximum atomic E-state index is 12.0. The van der Waals surface area contributed by atoms with Crippen LogP contribution >= 0.6 is 0 Å². The van der Waals surface area contributed by atoms with Gasteiger partial charge in [0.1, 0.15) is 6.04 Å². The number of benzene rings is 2. The second-order valence-corrected chi connectivity index (χ2v) is 10.8. The highest BCUT2D eigenvalue weighted by atomic mass is 16.4. The van der Waals surface area contributed by atoms with Crippen LogP contribution in [0.25, 0.3) is 0 Å². The maximum Gasteiger partial charge on any atom is 0.320 e. The van der Waals surface area contributed by atoms with Crippen LogP contribution in [-0.2, 0) is 17.8 Å². The summed E-state index contributed by atoms with van der Waals surface area (Å²) in [6, 6.07) is 22.7. The van der Waals surface area contributed by atoms with E-state index in [9.17, 15) is 9.90 Å². The van der Waals surface area contributed by atoms with Crippen LogP contribution in [0.15, 0.2) is 66.7 Å². The molecule has 3 aromatic rings. The fraction of sp³-hybridized carbons (Fsp3) is 0.500. The number of nitrogens with one attached hydrogen (secondary N) is 1. The molecular weight excluding hydrogens is 472 g/mol. The Morgan fingerprint density at radius 2 is 1.71 bits per heavy atom. The first kappa shape index (κ1) is 28.1. The van der Waals surface area contributed by atoms with Gasteiger partial charge in [-0.15, -0.1) is 0 Å². The van der Waals surface area contributed by atoms with Gasteiger partial charge in [-0.3, -0.25) is 14.8 Å². The Morgan fingerprint density at radius 1 is 1.05 bits per heavy atom. The van der Waals surface area contributed by atoms with E-state index in [0.29, 0.717) is 5.92 Å². The Labute approximate surface area is 228 Å². The van der Waals surface area contributed by atoms with Gasteiger partial charge in [-0.25, -0.2) is 0 Å². The molecule has 1 aromatic heterocycles. The van der Waals surface area contributed by atoms with Crippen molar-refractivity contribution in [2.24, 2.45) is 5.92 Å². The molecule has 0 radical (unpaired) electrons. The van der Waals surface area contributed by atoms with Crippen molar-refractivity contribution in [1.82, 2.24) is 20.0 Å². The molecule has 2 aromatic carbocycles. The number of nitrogens with zero attached hydrogens (tertiary/aromatic N) is 3. The monoisotopic (exact) mass is 516 g/mol. The molecule has 2 heterocycles. The zero-order valence-electron chi connectivity index (χ0n) is 23.2. The quantitative estimate of drug-likeness (QED) is 0.296. The smallest absolute Gasteiger partial charge is 0.320 e. The first-order chi connectivity index (χ1) is 18.5. The van der Waals surface area contributed by atoms with Crippen LogP contribution in [0.4, 0.5) is 0 Å². The Kier molecular flexibility index (Phi) is 10.1. The van der Waals surface area contributed by atoms with Crippen LogP contribution in [0, 0.1) is 5.92 Å². The van der Waals surface area contributed by atoms with Gasteiger partial charge < -0.3 is 10.0 Å². The van der Waals surface area contributed by atoms with E-state index >= 15 is 0 Å². The van der Waals surface area contributed by atoms with Crippen molar-refractivity contribution in [1.29, 1.82) is 0 Å².